The number of carbonyl (C=O) groups is 3. The van der Waals surface area contributed by atoms with Crippen molar-refractivity contribution < 1.29 is 18.8 Å². The van der Waals surface area contributed by atoms with Crippen LogP contribution in [0.3, 0.4) is 0 Å². The number of benzene rings is 1. The Hall–Kier alpha value is -3.62. The highest BCUT2D eigenvalue weighted by molar-refractivity contribution is 5.97. The molecule has 1 saturated heterocycles. The molecule has 134 valence electrons. The zero-order chi connectivity index (χ0) is 18.5. The molecule has 2 heterocycles. The highest BCUT2D eigenvalue weighted by Crippen LogP contribution is 2.15. The molecule has 1 aromatic carbocycles. The summed E-state index contributed by atoms with van der Waals surface area (Å²) in [6.45, 7) is 0.371. The maximum absolute atomic E-state index is 12.4. The average Bonchev–Trinajstić information content (AvgIpc) is 3.28. The Bertz CT molecular complexity index is 819. The first-order chi connectivity index (χ1) is 12.6. The molecule has 2 aromatic rings. The third kappa shape index (κ3) is 3.72. The van der Waals surface area contributed by atoms with Crippen LogP contribution in [0.1, 0.15) is 17.4 Å². The number of furan rings is 1. The number of urea groups is 2. The highest BCUT2D eigenvalue weighted by Gasteiger charge is 2.35. The fraction of sp³-hybridized carbons (Fsp3) is 0.176. The molecule has 0 aliphatic carbocycles. The molecule has 9 heteroatoms. The second kappa shape index (κ2) is 7.51. The van der Waals surface area contributed by atoms with E-state index in [9.17, 15) is 14.4 Å². The topological polar surface area (TPSA) is 121 Å². The van der Waals surface area contributed by atoms with Gasteiger partial charge in [0, 0.05) is 0 Å². The molecule has 3 rings (SSSR count). The van der Waals surface area contributed by atoms with Gasteiger partial charge in [-0.25, -0.2) is 19.5 Å². The number of amides is 5. The SMILES string of the molecule is NC(=O)C(NC(=O)N1CCN(/N=C/c2ccco2)C1=O)c1ccccc1. The number of hydrogen-bond acceptors (Lipinski definition) is 5. The molecule has 5 amide bonds. The average molecular weight is 355 g/mol. The minimum absolute atomic E-state index is 0.139. The number of hydrogen-bond donors (Lipinski definition) is 2. The van der Waals surface area contributed by atoms with Gasteiger partial charge >= 0.3 is 12.1 Å². The summed E-state index contributed by atoms with van der Waals surface area (Å²) in [6.07, 6.45) is 2.87. The molecule has 0 spiro atoms. The van der Waals surface area contributed by atoms with Crippen LogP contribution in [0.15, 0.2) is 58.2 Å². The lowest BCUT2D eigenvalue weighted by molar-refractivity contribution is -0.119. The molecule has 0 radical (unpaired) electrons. The van der Waals surface area contributed by atoms with Gasteiger partial charge in [0.25, 0.3) is 0 Å². The number of hydrazone groups is 1. The van der Waals surface area contributed by atoms with Crippen molar-refractivity contribution in [2.24, 2.45) is 10.8 Å². The number of rotatable bonds is 5. The lowest BCUT2D eigenvalue weighted by atomic mass is 10.1. The van der Waals surface area contributed by atoms with Crippen LogP contribution in [0.25, 0.3) is 0 Å². The smallest absolute Gasteiger partial charge is 0.348 e. The third-order valence-corrected chi connectivity index (χ3v) is 3.79. The molecule has 1 aliphatic rings. The summed E-state index contributed by atoms with van der Waals surface area (Å²) in [5, 5.41) is 7.64. The Balaban J connectivity index is 1.66. The Morgan fingerprint density at radius 2 is 1.96 bits per heavy atom. The number of carbonyl (C=O) groups excluding carboxylic acids is 3. The zero-order valence-electron chi connectivity index (χ0n) is 13.7. The summed E-state index contributed by atoms with van der Waals surface area (Å²) in [5.41, 5.74) is 5.91. The van der Waals surface area contributed by atoms with Gasteiger partial charge in [0.1, 0.15) is 11.8 Å². The molecule has 9 nitrogen and oxygen atoms in total. The largest absolute Gasteiger partial charge is 0.463 e. The van der Waals surface area contributed by atoms with Crippen molar-refractivity contribution in [2.45, 2.75) is 6.04 Å². The van der Waals surface area contributed by atoms with E-state index in [4.69, 9.17) is 10.2 Å². The molecule has 1 aliphatic heterocycles. The minimum atomic E-state index is -1.03. The first-order valence-corrected chi connectivity index (χ1v) is 7.87. The van der Waals surface area contributed by atoms with Gasteiger partial charge in [-0.1, -0.05) is 30.3 Å². The van der Waals surface area contributed by atoms with E-state index >= 15 is 0 Å². The van der Waals surface area contributed by atoms with Crippen LogP contribution in [0, 0.1) is 0 Å². The van der Waals surface area contributed by atoms with E-state index in [1.54, 1.807) is 42.5 Å². The number of nitrogens with zero attached hydrogens (tertiary/aromatic N) is 3. The van der Waals surface area contributed by atoms with Crippen molar-refractivity contribution in [1.82, 2.24) is 15.2 Å². The second-order valence-corrected chi connectivity index (χ2v) is 5.51. The van der Waals surface area contributed by atoms with E-state index in [1.807, 2.05) is 0 Å². The van der Waals surface area contributed by atoms with Gasteiger partial charge in [0.15, 0.2) is 0 Å². The Kier molecular flexibility index (Phi) is 4.97. The van der Waals surface area contributed by atoms with Crippen LogP contribution in [0.2, 0.25) is 0 Å². The van der Waals surface area contributed by atoms with Crippen molar-refractivity contribution in [2.75, 3.05) is 13.1 Å². The molecule has 1 fully saturated rings. The van der Waals surface area contributed by atoms with Gasteiger partial charge in [-0.15, -0.1) is 0 Å². The number of primary amides is 1. The van der Waals surface area contributed by atoms with Crippen LogP contribution >= 0.6 is 0 Å². The molecule has 0 bridgehead atoms. The molecule has 1 atom stereocenters. The van der Waals surface area contributed by atoms with Crippen molar-refractivity contribution in [3.05, 3.63) is 60.1 Å². The van der Waals surface area contributed by atoms with Crippen molar-refractivity contribution >= 4 is 24.2 Å². The molecule has 0 saturated carbocycles. The zero-order valence-corrected chi connectivity index (χ0v) is 13.7. The van der Waals surface area contributed by atoms with E-state index < -0.39 is 24.0 Å². The maximum Gasteiger partial charge on any atom is 0.348 e. The van der Waals surface area contributed by atoms with Gasteiger partial charge < -0.3 is 15.5 Å². The van der Waals surface area contributed by atoms with E-state index in [1.165, 1.54) is 12.5 Å². The van der Waals surface area contributed by atoms with Crippen molar-refractivity contribution in [3.8, 4) is 0 Å². The van der Waals surface area contributed by atoms with Crippen LogP contribution in [0.5, 0.6) is 0 Å². The molecule has 1 aromatic heterocycles. The van der Waals surface area contributed by atoms with Gasteiger partial charge in [-0.2, -0.15) is 5.10 Å². The Morgan fingerprint density at radius 1 is 1.19 bits per heavy atom. The van der Waals surface area contributed by atoms with E-state index in [-0.39, 0.29) is 13.1 Å². The van der Waals surface area contributed by atoms with Crippen molar-refractivity contribution in [1.29, 1.82) is 0 Å². The Labute approximate surface area is 149 Å². The van der Waals surface area contributed by atoms with Crippen molar-refractivity contribution in [3.63, 3.8) is 0 Å². The van der Waals surface area contributed by atoms with Crippen LogP contribution in [-0.2, 0) is 4.79 Å². The lowest BCUT2D eigenvalue weighted by Gasteiger charge is -2.20. The summed E-state index contributed by atoms with van der Waals surface area (Å²) < 4.78 is 5.10. The maximum atomic E-state index is 12.4. The Morgan fingerprint density at radius 3 is 2.62 bits per heavy atom. The third-order valence-electron chi connectivity index (χ3n) is 3.79. The van der Waals surface area contributed by atoms with Gasteiger partial charge in [-0.05, 0) is 17.7 Å². The minimum Gasteiger partial charge on any atom is -0.463 e. The molecule has 3 N–H and O–H groups in total. The fourth-order valence-corrected chi connectivity index (χ4v) is 2.48. The summed E-state index contributed by atoms with van der Waals surface area (Å²) in [6, 6.07) is 9.61. The lowest BCUT2D eigenvalue weighted by Crippen LogP contribution is -2.46. The van der Waals surface area contributed by atoms with E-state index in [0.29, 0.717) is 11.3 Å². The quantitative estimate of drug-likeness (QED) is 0.785. The normalized spacial score (nSPS) is 15.5. The van der Waals surface area contributed by atoms with Crippen LogP contribution in [-0.4, -0.2) is 47.2 Å². The second-order valence-electron chi connectivity index (χ2n) is 5.51. The van der Waals surface area contributed by atoms with Gasteiger partial charge in [-0.3, -0.25) is 4.79 Å². The van der Waals surface area contributed by atoms with Crippen LogP contribution < -0.4 is 11.1 Å². The highest BCUT2D eigenvalue weighted by atomic mass is 16.3. The summed E-state index contributed by atoms with van der Waals surface area (Å²) in [4.78, 5) is 37.4. The first kappa shape index (κ1) is 17.2. The van der Waals surface area contributed by atoms with Gasteiger partial charge in [0.2, 0.25) is 5.91 Å². The number of nitrogens with one attached hydrogen (secondary N) is 1. The molecule has 26 heavy (non-hydrogen) atoms. The standard InChI is InChI=1S/C17H17N5O4/c18-15(23)14(12-5-2-1-3-6-12)20-16(24)21-8-9-22(17(21)25)19-11-13-7-4-10-26-13/h1-7,10-11,14H,8-9H2,(H2,18,23)(H,20,24)/b19-11+. The number of imide groups is 1. The summed E-state index contributed by atoms with van der Waals surface area (Å²) in [7, 11) is 0. The van der Waals surface area contributed by atoms with E-state index in [2.05, 4.69) is 10.4 Å². The van der Waals surface area contributed by atoms with Crippen LogP contribution in [0.4, 0.5) is 9.59 Å². The molecular weight excluding hydrogens is 338 g/mol. The fourth-order valence-electron chi connectivity index (χ4n) is 2.48. The molecular formula is C17H17N5O4. The summed E-state index contributed by atoms with van der Waals surface area (Å²) >= 11 is 0. The molecule has 1 unspecified atom stereocenters. The van der Waals surface area contributed by atoms with Gasteiger partial charge in [0.05, 0.1) is 25.6 Å². The summed E-state index contributed by atoms with van der Waals surface area (Å²) in [5.74, 6) is -0.234. The first-order valence-electron chi connectivity index (χ1n) is 7.87. The predicted molar refractivity (Wildman–Crippen MR) is 92.0 cm³/mol. The predicted octanol–water partition coefficient (Wildman–Crippen LogP) is 1.29. The van der Waals surface area contributed by atoms with E-state index in [0.717, 1.165) is 9.91 Å². The number of nitrogens with two attached hydrogens (primary N) is 1. The monoisotopic (exact) mass is 355 g/mol.